The third-order valence-electron chi connectivity index (χ3n) is 5.85. The van der Waals surface area contributed by atoms with Crippen LogP contribution in [0.15, 0.2) is 18.2 Å². The summed E-state index contributed by atoms with van der Waals surface area (Å²) in [5, 5.41) is 20.2. The van der Waals surface area contributed by atoms with Gasteiger partial charge in [0.05, 0.1) is 23.2 Å². The lowest BCUT2D eigenvalue weighted by Crippen LogP contribution is -2.40. The van der Waals surface area contributed by atoms with E-state index in [1.54, 1.807) is 23.9 Å². The van der Waals surface area contributed by atoms with Crippen molar-refractivity contribution in [3.05, 3.63) is 23.9 Å². The van der Waals surface area contributed by atoms with E-state index >= 15 is 0 Å². The second kappa shape index (κ2) is 8.43. The maximum atomic E-state index is 12.2. The number of carbonyl (C=O) groups is 3. The second-order valence-electron chi connectivity index (χ2n) is 8.05. The number of piperidine rings is 1. The minimum Gasteiger partial charge on any atom is -0.484 e. The van der Waals surface area contributed by atoms with E-state index in [2.05, 4.69) is 15.7 Å². The van der Waals surface area contributed by atoms with Crippen LogP contribution >= 0.6 is 0 Å². The third kappa shape index (κ3) is 4.30. The molecular formula is C21H26N4O5. The molecule has 1 atom stereocenters. The molecule has 2 heterocycles. The molecule has 1 saturated carbocycles. The monoisotopic (exact) mass is 414 g/mol. The van der Waals surface area contributed by atoms with Gasteiger partial charge in [0.15, 0.2) is 6.61 Å². The van der Waals surface area contributed by atoms with Crippen molar-refractivity contribution >= 4 is 28.6 Å². The van der Waals surface area contributed by atoms with Crippen LogP contribution in [0, 0.1) is 0 Å². The molecule has 30 heavy (non-hydrogen) atoms. The molecule has 1 unspecified atom stereocenters. The van der Waals surface area contributed by atoms with Crippen molar-refractivity contribution in [2.45, 2.75) is 56.6 Å². The number of nitrogens with one attached hydrogen (secondary N) is 2. The van der Waals surface area contributed by atoms with E-state index in [0.29, 0.717) is 37.1 Å². The standard InChI is InChI=1S/C21H26N4O5/c1-25-17-10-14(30-11-19(28)22-12-2-4-13(26)5-3-12)6-7-15(17)20(24-25)16-8-9-18(27)23-21(16)29/h6-7,10,12-13,16,26H,2-5,8-9,11H2,1H3,(H,22,28)(H,23,27,29). The number of imide groups is 1. The number of nitrogens with zero attached hydrogens (tertiary/aromatic N) is 2. The molecule has 1 aromatic heterocycles. The molecule has 2 aliphatic rings. The highest BCUT2D eigenvalue weighted by Crippen LogP contribution is 2.31. The average Bonchev–Trinajstić information content (AvgIpc) is 3.04. The van der Waals surface area contributed by atoms with Gasteiger partial charge in [-0.1, -0.05) is 0 Å². The van der Waals surface area contributed by atoms with Crippen LogP contribution in [0.2, 0.25) is 0 Å². The topological polar surface area (TPSA) is 123 Å². The van der Waals surface area contributed by atoms with Gasteiger partial charge in [0.25, 0.3) is 5.91 Å². The van der Waals surface area contributed by atoms with Crippen LogP contribution in [0.1, 0.15) is 50.1 Å². The van der Waals surface area contributed by atoms with Gasteiger partial charge in [-0.15, -0.1) is 0 Å². The van der Waals surface area contributed by atoms with Gasteiger partial charge in [-0.2, -0.15) is 5.10 Å². The van der Waals surface area contributed by atoms with Crippen molar-refractivity contribution in [1.29, 1.82) is 0 Å². The van der Waals surface area contributed by atoms with Crippen molar-refractivity contribution < 1.29 is 24.2 Å². The van der Waals surface area contributed by atoms with E-state index < -0.39 is 5.92 Å². The van der Waals surface area contributed by atoms with Crippen LogP contribution in [-0.2, 0) is 21.4 Å². The summed E-state index contributed by atoms with van der Waals surface area (Å²) in [6.45, 7) is -0.0948. The van der Waals surface area contributed by atoms with Crippen molar-refractivity contribution in [3.8, 4) is 5.75 Å². The van der Waals surface area contributed by atoms with Gasteiger partial charge in [-0.25, -0.2) is 0 Å². The van der Waals surface area contributed by atoms with E-state index in [1.807, 2.05) is 6.07 Å². The third-order valence-corrected chi connectivity index (χ3v) is 5.85. The number of carbonyl (C=O) groups excluding carboxylic acids is 3. The molecular weight excluding hydrogens is 388 g/mol. The molecule has 3 N–H and O–H groups in total. The molecule has 9 nitrogen and oxygen atoms in total. The number of amides is 3. The predicted octanol–water partition coefficient (Wildman–Crippen LogP) is 0.892. The maximum Gasteiger partial charge on any atom is 0.258 e. The molecule has 0 radical (unpaired) electrons. The van der Waals surface area contributed by atoms with Crippen LogP contribution in [0.4, 0.5) is 0 Å². The molecule has 4 rings (SSSR count). The Hall–Kier alpha value is -2.94. The molecule has 1 aliphatic heterocycles. The summed E-state index contributed by atoms with van der Waals surface area (Å²) in [7, 11) is 1.78. The molecule has 2 aromatic rings. The molecule has 1 aromatic carbocycles. The lowest BCUT2D eigenvalue weighted by atomic mass is 9.93. The van der Waals surface area contributed by atoms with E-state index in [0.717, 1.165) is 23.7 Å². The fraction of sp³-hybridized carbons (Fsp3) is 0.524. The lowest BCUT2D eigenvalue weighted by molar-refractivity contribution is -0.134. The van der Waals surface area contributed by atoms with Crippen LogP contribution < -0.4 is 15.4 Å². The maximum absolute atomic E-state index is 12.2. The number of benzene rings is 1. The number of rotatable bonds is 5. The van der Waals surface area contributed by atoms with E-state index in [4.69, 9.17) is 4.74 Å². The first-order chi connectivity index (χ1) is 14.4. The van der Waals surface area contributed by atoms with Crippen LogP contribution in [-0.4, -0.2) is 51.4 Å². The summed E-state index contributed by atoms with van der Waals surface area (Å²) >= 11 is 0. The summed E-state index contributed by atoms with van der Waals surface area (Å²) in [6, 6.07) is 5.46. The van der Waals surface area contributed by atoms with Crippen LogP contribution in [0.3, 0.4) is 0 Å². The number of aliphatic hydroxyl groups excluding tert-OH is 1. The molecule has 0 spiro atoms. The Balaban J connectivity index is 1.41. The molecule has 1 aliphatic carbocycles. The van der Waals surface area contributed by atoms with E-state index in [-0.39, 0.29) is 36.5 Å². The molecule has 3 amide bonds. The highest BCUT2D eigenvalue weighted by Gasteiger charge is 2.31. The SMILES string of the molecule is Cn1nc(C2CCC(=O)NC2=O)c2ccc(OCC(=O)NC3CCC(O)CC3)cc21. The zero-order chi connectivity index (χ0) is 21.3. The number of aryl methyl sites for hydroxylation is 1. The zero-order valence-electron chi connectivity index (χ0n) is 16.9. The van der Waals surface area contributed by atoms with Crippen molar-refractivity contribution in [2.75, 3.05) is 6.61 Å². The minimum absolute atomic E-state index is 0.0835. The van der Waals surface area contributed by atoms with Gasteiger partial charge in [-0.05, 0) is 44.2 Å². The number of ether oxygens (including phenoxy) is 1. The molecule has 0 bridgehead atoms. The number of hydrogen-bond donors (Lipinski definition) is 3. The van der Waals surface area contributed by atoms with Gasteiger partial charge < -0.3 is 15.2 Å². The number of fused-ring (bicyclic) bond motifs is 1. The van der Waals surface area contributed by atoms with Crippen molar-refractivity contribution in [2.24, 2.45) is 7.05 Å². The van der Waals surface area contributed by atoms with Gasteiger partial charge in [0.1, 0.15) is 5.75 Å². The zero-order valence-corrected chi connectivity index (χ0v) is 16.9. The number of hydrogen-bond acceptors (Lipinski definition) is 6. The largest absolute Gasteiger partial charge is 0.484 e. The van der Waals surface area contributed by atoms with Crippen molar-refractivity contribution in [3.63, 3.8) is 0 Å². The highest BCUT2D eigenvalue weighted by atomic mass is 16.5. The molecule has 2 fully saturated rings. The first kappa shape index (κ1) is 20.3. The summed E-state index contributed by atoms with van der Waals surface area (Å²) in [4.78, 5) is 35.8. The molecule has 1 saturated heterocycles. The van der Waals surface area contributed by atoms with Crippen LogP contribution in [0.5, 0.6) is 5.75 Å². The van der Waals surface area contributed by atoms with E-state index in [1.165, 1.54) is 0 Å². The predicted molar refractivity (Wildman–Crippen MR) is 108 cm³/mol. The Kier molecular flexibility index (Phi) is 5.72. The molecule has 9 heteroatoms. The van der Waals surface area contributed by atoms with Gasteiger partial charge in [0, 0.05) is 31.0 Å². The second-order valence-corrected chi connectivity index (χ2v) is 8.05. The first-order valence-electron chi connectivity index (χ1n) is 10.3. The van der Waals surface area contributed by atoms with Gasteiger partial charge in [-0.3, -0.25) is 24.4 Å². The summed E-state index contributed by atoms with van der Waals surface area (Å²) in [5.74, 6) is -0.688. The smallest absolute Gasteiger partial charge is 0.258 e. The number of aromatic nitrogens is 2. The quantitative estimate of drug-likeness (QED) is 0.625. The van der Waals surface area contributed by atoms with Crippen LogP contribution in [0.25, 0.3) is 10.9 Å². The lowest BCUT2D eigenvalue weighted by Gasteiger charge is -2.26. The summed E-state index contributed by atoms with van der Waals surface area (Å²) in [5.41, 5.74) is 1.43. The normalized spacial score (nSPS) is 24.5. The van der Waals surface area contributed by atoms with Gasteiger partial charge >= 0.3 is 0 Å². The Bertz CT molecular complexity index is 977. The highest BCUT2D eigenvalue weighted by molar-refractivity contribution is 6.02. The fourth-order valence-corrected chi connectivity index (χ4v) is 4.21. The number of aliphatic hydroxyl groups is 1. The van der Waals surface area contributed by atoms with Crippen molar-refractivity contribution in [1.82, 2.24) is 20.4 Å². The Morgan fingerprint density at radius 3 is 2.77 bits per heavy atom. The van der Waals surface area contributed by atoms with E-state index in [9.17, 15) is 19.5 Å². The fourth-order valence-electron chi connectivity index (χ4n) is 4.21. The summed E-state index contributed by atoms with van der Waals surface area (Å²) in [6.07, 6.45) is 3.44. The average molecular weight is 414 g/mol. The Labute approximate surface area is 173 Å². The molecule has 160 valence electrons. The summed E-state index contributed by atoms with van der Waals surface area (Å²) < 4.78 is 7.33. The Morgan fingerprint density at radius 1 is 1.27 bits per heavy atom. The Morgan fingerprint density at radius 2 is 2.03 bits per heavy atom. The van der Waals surface area contributed by atoms with Gasteiger partial charge in [0.2, 0.25) is 11.8 Å². The minimum atomic E-state index is -0.460. The first-order valence-corrected chi connectivity index (χ1v) is 10.3.